The van der Waals surface area contributed by atoms with Crippen molar-refractivity contribution in [2.75, 3.05) is 14.2 Å². The molecule has 0 aliphatic rings. The van der Waals surface area contributed by atoms with Crippen molar-refractivity contribution in [1.82, 2.24) is 15.4 Å². The average molecular weight is 254 g/mol. The maximum atomic E-state index is 5.63. The number of ether oxygens (including phenoxy) is 2. The van der Waals surface area contributed by atoms with Gasteiger partial charge in [-0.2, -0.15) is 4.98 Å². The summed E-state index contributed by atoms with van der Waals surface area (Å²) in [5, 5.41) is 0. The number of nitrogens with one attached hydrogen (secondary N) is 1. The summed E-state index contributed by atoms with van der Waals surface area (Å²) in [7, 11) is 3.10. The normalized spacial score (nSPS) is 14.4. The molecule has 1 aromatic heterocycles. The lowest BCUT2D eigenvalue weighted by atomic mass is 9.89. The first-order valence-corrected chi connectivity index (χ1v) is 5.96. The minimum atomic E-state index is -0.113. The molecule has 6 heteroatoms. The second-order valence-corrected chi connectivity index (χ2v) is 4.55. The molecule has 0 amide bonds. The standard InChI is InChI=1S/C12H22N4O2/c1-7(2)8(3)10(16-13)11-12(18-5)15-9(17-4)6-14-11/h6-8,10,16H,13H2,1-5H3. The van der Waals surface area contributed by atoms with Crippen LogP contribution in [-0.2, 0) is 0 Å². The molecule has 0 saturated heterocycles. The second kappa shape index (κ2) is 6.51. The Morgan fingerprint density at radius 1 is 1.22 bits per heavy atom. The second-order valence-electron chi connectivity index (χ2n) is 4.55. The van der Waals surface area contributed by atoms with Crippen LogP contribution in [0.2, 0.25) is 0 Å². The highest BCUT2D eigenvalue weighted by molar-refractivity contribution is 5.26. The number of methoxy groups -OCH3 is 2. The number of nitrogens with two attached hydrogens (primary N) is 1. The Hall–Kier alpha value is -1.40. The molecule has 0 aromatic carbocycles. The molecule has 0 aliphatic heterocycles. The summed E-state index contributed by atoms with van der Waals surface area (Å²) in [6.45, 7) is 6.39. The van der Waals surface area contributed by atoms with Crippen molar-refractivity contribution >= 4 is 0 Å². The van der Waals surface area contributed by atoms with Crippen LogP contribution in [-0.4, -0.2) is 24.2 Å². The molecule has 102 valence electrons. The maximum Gasteiger partial charge on any atom is 0.240 e. The van der Waals surface area contributed by atoms with E-state index in [0.717, 1.165) is 0 Å². The quantitative estimate of drug-likeness (QED) is 0.588. The number of rotatable bonds is 6. The summed E-state index contributed by atoms with van der Waals surface area (Å²) >= 11 is 0. The van der Waals surface area contributed by atoms with E-state index in [4.69, 9.17) is 15.3 Å². The lowest BCUT2D eigenvalue weighted by Crippen LogP contribution is -2.35. The van der Waals surface area contributed by atoms with E-state index < -0.39 is 0 Å². The Labute approximate surface area is 108 Å². The number of nitrogens with zero attached hydrogens (tertiary/aromatic N) is 2. The summed E-state index contributed by atoms with van der Waals surface area (Å²) < 4.78 is 10.3. The van der Waals surface area contributed by atoms with Crippen LogP contribution < -0.4 is 20.7 Å². The van der Waals surface area contributed by atoms with Crippen LogP contribution >= 0.6 is 0 Å². The number of hydrazine groups is 1. The van der Waals surface area contributed by atoms with Crippen LogP contribution in [0.15, 0.2) is 6.20 Å². The molecule has 1 rings (SSSR count). The van der Waals surface area contributed by atoms with Crippen LogP contribution in [0.5, 0.6) is 11.8 Å². The van der Waals surface area contributed by atoms with Gasteiger partial charge in [0.05, 0.1) is 26.5 Å². The minimum Gasteiger partial charge on any atom is -0.480 e. The van der Waals surface area contributed by atoms with Crippen LogP contribution in [0.3, 0.4) is 0 Å². The summed E-state index contributed by atoms with van der Waals surface area (Å²) in [5.74, 6) is 7.24. The Bertz CT molecular complexity index is 384. The summed E-state index contributed by atoms with van der Waals surface area (Å²) in [5.41, 5.74) is 3.48. The molecular formula is C12H22N4O2. The van der Waals surface area contributed by atoms with Crippen LogP contribution in [0.4, 0.5) is 0 Å². The lowest BCUT2D eigenvalue weighted by Gasteiger charge is -2.26. The van der Waals surface area contributed by atoms with Crippen LogP contribution in [0.25, 0.3) is 0 Å². The molecule has 2 atom stereocenters. The van der Waals surface area contributed by atoms with Gasteiger partial charge in [-0.15, -0.1) is 0 Å². The van der Waals surface area contributed by atoms with Crippen molar-refractivity contribution in [2.24, 2.45) is 17.7 Å². The van der Waals surface area contributed by atoms with Gasteiger partial charge >= 0.3 is 0 Å². The molecule has 0 spiro atoms. The van der Waals surface area contributed by atoms with Crippen molar-refractivity contribution in [2.45, 2.75) is 26.8 Å². The van der Waals surface area contributed by atoms with Gasteiger partial charge in [-0.3, -0.25) is 11.3 Å². The van der Waals surface area contributed by atoms with E-state index in [-0.39, 0.29) is 6.04 Å². The van der Waals surface area contributed by atoms with Crippen molar-refractivity contribution < 1.29 is 9.47 Å². The highest BCUT2D eigenvalue weighted by atomic mass is 16.5. The third-order valence-corrected chi connectivity index (χ3v) is 3.20. The zero-order valence-corrected chi connectivity index (χ0v) is 11.6. The number of hydrogen-bond acceptors (Lipinski definition) is 6. The predicted octanol–water partition coefficient (Wildman–Crippen LogP) is 1.29. The highest BCUT2D eigenvalue weighted by Gasteiger charge is 2.26. The lowest BCUT2D eigenvalue weighted by molar-refractivity contribution is 0.284. The van der Waals surface area contributed by atoms with Gasteiger partial charge in [-0.1, -0.05) is 20.8 Å². The first-order chi connectivity index (χ1) is 8.54. The average Bonchev–Trinajstić information content (AvgIpc) is 2.39. The molecule has 0 bridgehead atoms. The smallest absolute Gasteiger partial charge is 0.240 e. The molecule has 0 fully saturated rings. The fourth-order valence-electron chi connectivity index (χ4n) is 1.69. The molecule has 6 nitrogen and oxygen atoms in total. The van der Waals surface area contributed by atoms with E-state index >= 15 is 0 Å². The van der Waals surface area contributed by atoms with E-state index in [1.54, 1.807) is 20.4 Å². The zero-order chi connectivity index (χ0) is 13.7. The Morgan fingerprint density at radius 3 is 2.33 bits per heavy atom. The monoisotopic (exact) mass is 254 g/mol. The van der Waals surface area contributed by atoms with E-state index in [2.05, 4.69) is 36.2 Å². The maximum absolute atomic E-state index is 5.63. The molecule has 18 heavy (non-hydrogen) atoms. The van der Waals surface area contributed by atoms with E-state index in [1.165, 1.54) is 0 Å². The van der Waals surface area contributed by atoms with Crippen LogP contribution in [0.1, 0.15) is 32.5 Å². The van der Waals surface area contributed by atoms with Gasteiger partial charge < -0.3 is 9.47 Å². The summed E-state index contributed by atoms with van der Waals surface area (Å²) in [6.07, 6.45) is 1.56. The van der Waals surface area contributed by atoms with Crippen LogP contribution in [0, 0.1) is 11.8 Å². The van der Waals surface area contributed by atoms with Gasteiger partial charge in [0.25, 0.3) is 0 Å². The molecule has 0 saturated carbocycles. The van der Waals surface area contributed by atoms with Gasteiger partial charge in [-0.25, -0.2) is 4.98 Å². The fraction of sp³-hybridized carbons (Fsp3) is 0.667. The third kappa shape index (κ3) is 3.08. The summed E-state index contributed by atoms with van der Waals surface area (Å²) in [4.78, 5) is 8.56. The van der Waals surface area contributed by atoms with E-state index in [1.807, 2.05) is 0 Å². The SMILES string of the molecule is COc1cnc(C(NN)C(C)C(C)C)c(OC)n1. The molecule has 1 aromatic rings. The van der Waals surface area contributed by atoms with E-state index in [9.17, 15) is 0 Å². The minimum absolute atomic E-state index is 0.113. The molecule has 0 radical (unpaired) electrons. The summed E-state index contributed by atoms with van der Waals surface area (Å²) in [6, 6.07) is -0.113. The van der Waals surface area contributed by atoms with Gasteiger partial charge in [-0.05, 0) is 11.8 Å². The predicted molar refractivity (Wildman–Crippen MR) is 69.2 cm³/mol. The largest absolute Gasteiger partial charge is 0.480 e. The van der Waals surface area contributed by atoms with Crippen molar-refractivity contribution in [3.63, 3.8) is 0 Å². The first kappa shape index (κ1) is 14.7. The number of aromatic nitrogens is 2. The van der Waals surface area contributed by atoms with Gasteiger partial charge in [0, 0.05) is 0 Å². The zero-order valence-electron chi connectivity index (χ0n) is 11.6. The van der Waals surface area contributed by atoms with Gasteiger partial charge in [0.2, 0.25) is 11.8 Å². The highest BCUT2D eigenvalue weighted by Crippen LogP contribution is 2.31. The Balaban J connectivity index is 3.12. The Morgan fingerprint density at radius 2 is 1.89 bits per heavy atom. The third-order valence-electron chi connectivity index (χ3n) is 3.20. The fourth-order valence-corrected chi connectivity index (χ4v) is 1.69. The van der Waals surface area contributed by atoms with Crippen molar-refractivity contribution in [3.05, 3.63) is 11.9 Å². The van der Waals surface area contributed by atoms with Gasteiger partial charge in [0.15, 0.2) is 0 Å². The van der Waals surface area contributed by atoms with Crippen molar-refractivity contribution in [1.29, 1.82) is 0 Å². The van der Waals surface area contributed by atoms with Gasteiger partial charge in [0.1, 0.15) is 5.69 Å². The Kier molecular flexibility index (Phi) is 5.30. The first-order valence-electron chi connectivity index (χ1n) is 5.96. The molecule has 3 N–H and O–H groups in total. The van der Waals surface area contributed by atoms with E-state index in [0.29, 0.717) is 29.3 Å². The van der Waals surface area contributed by atoms with Crippen molar-refractivity contribution in [3.8, 4) is 11.8 Å². The molecule has 0 aliphatic carbocycles. The molecule has 1 heterocycles. The molecule has 2 unspecified atom stereocenters. The molecular weight excluding hydrogens is 232 g/mol. The topological polar surface area (TPSA) is 82.3 Å². The number of hydrogen-bond donors (Lipinski definition) is 2.